The number of anilines is 1. The van der Waals surface area contributed by atoms with E-state index in [1.807, 2.05) is 0 Å². The van der Waals surface area contributed by atoms with Crippen molar-refractivity contribution in [2.45, 2.75) is 13.0 Å². The first kappa shape index (κ1) is 15.8. The fourth-order valence-corrected chi connectivity index (χ4v) is 1.46. The average molecular weight is 283 g/mol. The summed E-state index contributed by atoms with van der Waals surface area (Å²) in [5.74, 6) is -0.788. The lowest BCUT2D eigenvalue weighted by Gasteiger charge is -2.09. The summed E-state index contributed by atoms with van der Waals surface area (Å²) in [7, 11) is 1.35. The number of allylic oxidation sites excluding steroid dienone is 1. The number of benzene rings is 1. The molecular weight excluding hydrogens is 268 g/mol. The lowest BCUT2D eigenvalue weighted by Crippen LogP contribution is -2.23. The van der Waals surface area contributed by atoms with Crippen LogP contribution in [0.1, 0.15) is 5.56 Å². The van der Waals surface area contributed by atoms with Gasteiger partial charge in [-0.3, -0.25) is 9.79 Å². The molecule has 1 rings (SSSR count). The van der Waals surface area contributed by atoms with Crippen molar-refractivity contribution < 1.29 is 18.7 Å². The van der Waals surface area contributed by atoms with Crippen molar-refractivity contribution in [2.24, 2.45) is 10.7 Å². The van der Waals surface area contributed by atoms with Crippen molar-refractivity contribution in [2.75, 3.05) is 12.4 Å². The zero-order chi connectivity index (χ0) is 15.1. The van der Waals surface area contributed by atoms with Crippen LogP contribution in [0.3, 0.4) is 0 Å². The third-order valence-corrected chi connectivity index (χ3v) is 2.42. The maximum Gasteiger partial charge on any atom is 0.278 e. The number of amides is 1. The first-order valence-corrected chi connectivity index (χ1v) is 5.70. The van der Waals surface area contributed by atoms with Crippen LogP contribution < -0.4 is 11.1 Å². The quantitative estimate of drug-likeness (QED) is 0.562. The van der Waals surface area contributed by atoms with Crippen molar-refractivity contribution in [1.82, 2.24) is 0 Å². The van der Waals surface area contributed by atoms with Crippen LogP contribution in [0.15, 0.2) is 40.5 Å². The Morgan fingerprint density at radius 1 is 1.55 bits per heavy atom. The van der Waals surface area contributed by atoms with E-state index in [2.05, 4.69) is 10.3 Å². The molecule has 1 aromatic rings. The molecule has 0 aliphatic heterocycles. The van der Waals surface area contributed by atoms with Gasteiger partial charge in [0.05, 0.1) is 17.9 Å². The molecule has 0 atom stereocenters. The smallest absolute Gasteiger partial charge is 0.278 e. The highest BCUT2D eigenvalue weighted by atomic mass is 19.3. The van der Waals surface area contributed by atoms with Gasteiger partial charge in [-0.25, -0.2) is 8.78 Å². The Balaban J connectivity index is 3.00. The van der Waals surface area contributed by atoms with Crippen LogP contribution in [0, 0.1) is 0 Å². The van der Waals surface area contributed by atoms with E-state index >= 15 is 0 Å². The largest absolute Gasteiger partial charge is 0.397 e. The molecule has 0 saturated carbocycles. The molecular formula is C13H15F2N3O2. The average Bonchev–Trinajstić information content (AvgIpc) is 2.43. The van der Waals surface area contributed by atoms with Gasteiger partial charge in [0.25, 0.3) is 12.3 Å². The zero-order valence-corrected chi connectivity index (χ0v) is 10.8. The summed E-state index contributed by atoms with van der Waals surface area (Å²) in [5.41, 5.74) is 4.91. The molecule has 0 bridgehead atoms. The molecule has 0 unspecified atom stereocenters. The second-order valence-electron chi connectivity index (χ2n) is 3.87. The van der Waals surface area contributed by atoms with Gasteiger partial charge in [0, 0.05) is 18.9 Å². The summed E-state index contributed by atoms with van der Waals surface area (Å²) < 4.78 is 25.1. The van der Waals surface area contributed by atoms with Gasteiger partial charge in [-0.05, 0) is 17.7 Å². The number of hydrogen-bond acceptors (Lipinski definition) is 4. The van der Waals surface area contributed by atoms with Crippen LogP contribution in [0.5, 0.6) is 0 Å². The minimum absolute atomic E-state index is 0.192. The second-order valence-corrected chi connectivity index (χ2v) is 3.87. The number of aliphatic imine (C=N–C) groups is 1. The van der Waals surface area contributed by atoms with E-state index in [-0.39, 0.29) is 6.61 Å². The molecule has 7 heteroatoms. The highest BCUT2D eigenvalue weighted by Gasteiger charge is 2.18. The number of nitrogens with one attached hydrogen (secondary N) is 1. The third kappa shape index (κ3) is 4.13. The number of nitrogens with two attached hydrogens (primary N) is 1. The first-order valence-electron chi connectivity index (χ1n) is 5.70. The fraction of sp³-hybridized carbons (Fsp3) is 0.231. The molecule has 0 fully saturated rings. The Hall–Kier alpha value is -2.28. The SMILES string of the molecule is CN=CC(C(=O)Nc1cccc(CO)c1)=C(N)C(F)F. The molecule has 1 amide bonds. The van der Waals surface area contributed by atoms with E-state index in [9.17, 15) is 13.6 Å². The number of alkyl halides is 2. The van der Waals surface area contributed by atoms with Crippen LogP contribution in [-0.2, 0) is 11.4 Å². The van der Waals surface area contributed by atoms with Crippen LogP contribution in [-0.4, -0.2) is 30.7 Å². The summed E-state index contributed by atoms with van der Waals surface area (Å²) in [4.78, 5) is 15.5. The van der Waals surface area contributed by atoms with Crippen LogP contribution in [0.4, 0.5) is 14.5 Å². The third-order valence-electron chi connectivity index (χ3n) is 2.42. The highest BCUT2D eigenvalue weighted by Crippen LogP contribution is 2.14. The van der Waals surface area contributed by atoms with Crippen LogP contribution in [0.25, 0.3) is 0 Å². The second kappa shape index (κ2) is 7.34. The van der Waals surface area contributed by atoms with E-state index in [1.54, 1.807) is 18.2 Å². The highest BCUT2D eigenvalue weighted by molar-refractivity contribution is 6.18. The van der Waals surface area contributed by atoms with Crippen molar-refractivity contribution in [3.05, 3.63) is 41.1 Å². The molecule has 5 nitrogen and oxygen atoms in total. The predicted molar refractivity (Wildman–Crippen MR) is 72.6 cm³/mol. The van der Waals surface area contributed by atoms with E-state index in [0.29, 0.717) is 11.3 Å². The number of hydrogen-bond donors (Lipinski definition) is 3. The van der Waals surface area contributed by atoms with Gasteiger partial charge in [-0.2, -0.15) is 0 Å². The molecule has 0 spiro atoms. The molecule has 0 aliphatic rings. The fourth-order valence-electron chi connectivity index (χ4n) is 1.46. The molecule has 0 aromatic heterocycles. The van der Waals surface area contributed by atoms with Gasteiger partial charge >= 0.3 is 0 Å². The molecule has 0 saturated heterocycles. The Morgan fingerprint density at radius 2 is 2.25 bits per heavy atom. The number of carbonyl (C=O) groups is 1. The number of nitrogens with zero attached hydrogens (tertiary/aromatic N) is 1. The first-order chi connectivity index (χ1) is 9.49. The van der Waals surface area contributed by atoms with Gasteiger partial charge in [0.1, 0.15) is 0 Å². The standard InChI is InChI=1S/C13H15F2N3O2/c1-17-6-10(11(16)12(14)15)13(20)18-9-4-2-3-8(5-9)7-19/h2-6,12,19H,7,16H2,1H3,(H,18,20). The minimum atomic E-state index is -2.95. The Bertz CT molecular complexity index is 542. The summed E-state index contributed by atoms with van der Waals surface area (Å²) in [6.45, 7) is -0.192. The molecule has 0 heterocycles. The van der Waals surface area contributed by atoms with E-state index in [4.69, 9.17) is 10.8 Å². The molecule has 0 aliphatic carbocycles. The number of carbonyl (C=O) groups excluding carboxylic acids is 1. The molecule has 4 N–H and O–H groups in total. The molecule has 1 aromatic carbocycles. The summed E-state index contributed by atoms with van der Waals surface area (Å²) >= 11 is 0. The topological polar surface area (TPSA) is 87.7 Å². The Labute approximate surface area is 114 Å². The summed E-state index contributed by atoms with van der Waals surface area (Å²) in [6.07, 6.45) is -1.97. The molecule has 0 radical (unpaired) electrons. The van der Waals surface area contributed by atoms with Gasteiger partial charge in [0.2, 0.25) is 0 Å². The zero-order valence-electron chi connectivity index (χ0n) is 10.8. The predicted octanol–water partition coefficient (Wildman–Crippen LogP) is 1.30. The van der Waals surface area contributed by atoms with E-state index in [0.717, 1.165) is 6.21 Å². The number of rotatable bonds is 5. The maximum atomic E-state index is 12.6. The van der Waals surface area contributed by atoms with Gasteiger partial charge in [0.15, 0.2) is 0 Å². The van der Waals surface area contributed by atoms with Crippen molar-refractivity contribution >= 4 is 17.8 Å². The Morgan fingerprint density at radius 3 is 2.80 bits per heavy atom. The van der Waals surface area contributed by atoms with Crippen LogP contribution >= 0.6 is 0 Å². The monoisotopic (exact) mass is 283 g/mol. The minimum Gasteiger partial charge on any atom is -0.397 e. The maximum absolute atomic E-state index is 12.6. The number of aliphatic hydroxyl groups is 1. The molecule has 108 valence electrons. The molecule has 20 heavy (non-hydrogen) atoms. The summed E-state index contributed by atoms with van der Waals surface area (Å²) in [6, 6.07) is 6.37. The van der Waals surface area contributed by atoms with E-state index in [1.165, 1.54) is 13.1 Å². The number of halogens is 2. The van der Waals surface area contributed by atoms with Crippen molar-refractivity contribution in [3.8, 4) is 0 Å². The van der Waals surface area contributed by atoms with Gasteiger partial charge < -0.3 is 16.2 Å². The van der Waals surface area contributed by atoms with Gasteiger partial charge in [-0.1, -0.05) is 12.1 Å². The van der Waals surface area contributed by atoms with Crippen molar-refractivity contribution in [1.29, 1.82) is 0 Å². The lowest BCUT2D eigenvalue weighted by molar-refractivity contribution is -0.112. The van der Waals surface area contributed by atoms with Crippen LogP contribution in [0.2, 0.25) is 0 Å². The lowest BCUT2D eigenvalue weighted by atomic mass is 10.1. The van der Waals surface area contributed by atoms with E-state index < -0.39 is 23.6 Å². The Kier molecular flexibility index (Phi) is 5.79. The normalized spacial score (nSPS) is 12.7. The number of aliphatic hydroxyl groups excluding tert-OH is 1. The van der Waals surface area contributed by atoms with Gasteiger partial charge in [-0.15, -0.1) is 0 Å². The van der Waals surface area contributed by atoms with Crippen molar-refractivity contribution in [3.63, 3.8) is 0 Å². The summed E-state index contributed by atoms with van der Waals surface area (Å²) in [5, 5.41) is 11.4.